The highest BCUT2D eigenvalue weighted by Crippen LogP contribution is 2.43. The minimum Gasteiger partial charge on any atom is -0.369 e. The highest BCUT2D eigenvalue weighted by molar-refractivity contribution is 6.34. The fraction of sp³-hybridized carbons (Fsp3) is 0.429. The molecule has 1 fully saturated rings. The summed E-state index contributed by atoms with van der Waals surface area (Å²) in [5.74, 6) is -0.899. The first-order valence-electron chi connectivity index (χ1n) is 7.47. The molecule has 0 radical (unpaired) electrons. The van der Waals surface area contributed by atoms with Crippen LogP contribution in [0.15, 0.2) is 22.1 Å². The van der Waals surface area contributed by atoms with E-state index < -0.39 is 22.1 Å². The lowest BCUT2D eigenvalue weighted by atomic mass is 9.87. The van der Waals surface area contributed by atoms with Gasteiger partial charge in [0.2, 0.25) is 17.7 Å². The number of guanidine groups is 2. The molecule has 1 aliphatic heterocycles. The van der Waals surface area contributed by atoms with Crippen molar-refractivity contribution in [3.05, 3.63) is 33.1 Å². The van der Waals surface area contributed by atoms with Gasteiger partial charge in [-0.25, -0.2) is 4.99 Å². The van der Waals surface area contributed by atoms with E-state index in [0.29, 0.717) is 12.8 Å². The van der Waals surface area contributed by atoms with E-state index >= 15 is 0 Å². The molecule has 8 nitrogen and oxygen atoms in total. The second-order valence-corrected chi connectivity index (χ2v) is 6.24. The van der Waals surface area contributed by atoms with Crippen molar-refractivity contribution in [2.45, 2.75) is 37.8 Å². The fourth-order valence-corrected chi connectivity index (χ4v) is 3.55. The van der Waals surface area contributed by atoms with Crippen molar-refractivity contribution in [3.8, 4) is 0 Å². The Labute approximate surface area is 142 Å². The summed E-state index contributed by atoms with van der Waals surface area (Å²) in [6.45, 7) is 0. The summed E-state index contributed by atoms with van der Waals surface area (Å²) in [5.41, 5.74) is 10.5. The van der Waals surface area contributed by atoms with Crippen molar-refractivity contribution in [1.82, 2.24) is 0 Å². The van der Waals surface area contributed by atoms with Gasteiger partial charge in [-0.2, -0.15) is 9.38 Å². The fourth-order valence-electron chi connectivity index (χ4n) is 3.31. The molecule has 3 rings (SSSR count). The highest BCUT2D eigenvalue weighted by atomic mass is 35.5. The van der Waals surface area contributed by atoms with Gasteiger partial charge in [0.05, 0.1) is 15.6 Å². The third-order valence-electron chi connectivity index (χ3n) is 4.31. The molecular formula is C14H16ClFN6O2. The molecule has 10 heteroatoms. The van der Waals surface area contributed by atoms with Gasteiger partial charge in [0.15, 0.2) is 0 Å². The van der Waals surface area contributed by atoms with Crippen molar-refractivity contribution >= 4 is 34.9 Å². The zero-order valence-corrected chi connectivity index (χ0v) is 13.5. The van der Waals surface area contributed by atoms with Crippen molar-refractivity contribution < 1.29 is 9.31 Å². The molecule has 2 aliphatic rings. The molecule has 0 amide bonds. The van der Waals surface area contributed by atoms with E-state index in [4.69, 9.17) is 23.1 Å². The number of rotatable bonds is 2. The lowest BCUT2D eigenvalue weighted by Crippen LogP contribution is -2.58. The molecule has 1 heterocycles. The Morgan fingerprint density at radius 1 is 1.29 bits per heavy atom. The predicted octanol–water partition coefficient (Wildman–Crippen LogP) is 2.50. The van der Waals surface area contributed by atoms with Crippen LogP contribution < -0.4 is 16.4 Å². The smallest absolute Gasteiger partial charge is 0.306 e. The minimum atomic E-state index is -0.999. The second-order valence-electron chi connectivity index (χ2n) is 5.83. The number of nitro benzene ring substituents is 1. The van der Waals surface area contributed by atoms with Crippen LogP contribution in [0, 0.1) is 15.9 Å². The quantitative estimate of drug-likeness (QED) is 0.623. The molecule has 1 aliphatic carbocycles. The van der Waals surface area contributed by atoms with Crippen molar-refractivity contribution in [1.29, 1.82) is 0 Å². The number of aliphatic imine (C=N–C) groups is 2. The number of halogens is 2. The summed E-state index contributed by atoms with van der Waals surface area (Å²) in [5, 5.41) is 10.9. The van der Waals surface area contributed by atoms with Crippen LogP contribution in [0.1, 0.15) is 32.1 Å². The summed E-state index contributed by atoms with van der Waals surface area (Å²) < 4.78 is 14.1. The maximum atomic E-state index is 14.1. The Morgan fingerprint density at radius 2 is 1.96 bits per heavy atom. The SMILES string of the molecule is NC1=NC2(CCCCC2)N(c2cc(F)c([N+](=O)[O-])cc2Cl)C(N)=N1. The molecular weight excluding hydrogens is 339 g/mol. The lowest BCUT2D eigenvalue weighted by molar-refractivity contribution is -0.387. The molecule has 0 bridgehead atoms. The van der Waals surface area contributed by atoms with Crippen LogP contribution in [0.2, 0.25) is 5.02 Å². The molecule has 24 heavy (non-hydrogen) atoms. The molecule has 0 atom stereocenters. The average Bonchev–Trinajstić information content (AvgIpc) is 2.50. The lowest BCUT2D eigenvalue weighted by Gasteiger charge is -2.45. The monoisotopic (exact) mass is 354 g/mol. The zero-order chi connectivity index (χ0) is 17.5. The first kappa shape index (κ1) is 16.4. The maximum absolute atomic E-state index is 14.1. The number of anilines is 1. The van der Waals surface area contributed by atoms with Crippen LogP contribution in [0.3, 0.4) is 0 Å². The van der Waals surface area contributed by atoms with E-state index in [1.54, 1.807) is 0 Å². The zero-order valence-electron chi connectivity index (χ0n) is 12.7. The second kappa shape index (κ2) is 5.90. The average molecular weight is 355 g/mol. The van der Waals surface area contributed by atoms with Crippen molar-refractivity contribution in [2.24, 2.45) is 21.5 Å². The van der Waals surface area contributed by atoms with Crippen LogP contribution in [0.5, 0.6) is 0 Å². The minimum absolute atomic E-state index is 0.00173. The van der Waals surface area contributed by atoms with E-state index in [2.05, 4.69) is 9.98 Å². The third kappa shape index (κ3) is 2.64. The summed E-state index contributed by atoms with van der Waals surface area (Å²) in [4.78, 5) is 20.0. The van der Waals surface area contributed by atoms with E-state index in [9.17, 15) is 14.5 Å². The third-order valence-corrected chi connectivity index (χ3v) is 4.61. The normalized spacial score (nSPS) is 19.8. The molecule has 0 aromatic heterocycles. The maximum Gasteiger partial charge on any atom is 0.306 e. The number of nitrogens with two attached hydrogens (primary N) is 2. The van der Waals surface area contributed by atoms with Crippen LogP contribution in [0.4, 0.5) is 15.8 Å². The summed E-state index contributed by atoms with van der Waals surface area (Å²) in [7, 11) is 0. The number of hydrogen-bond acceptors (Lipinski definition) is 7. The van der Waals surface area contributed by atoms with Crippen LogP contribution in [-0.4, -0.2) is 22.5 Å². The van der Waals surface area contributed by atoms with E-state index in [1.807, 2.05) is 0 Å². The molecule has 1 aromatic rings. The van der Waals surface area contributed by atoms with Gasteiger partial charge in [0.25, 0.3) is 0 Å². The summed E-state index contributed by atoms with van der Waals surface area (Å²) >= 11 is 6.18. The van der Waals surface area contributed by atoms with E-state index in [1.165, 1.54) is 4.90 Å². The number of benzene rings is 1. The Hall–Kier alpha value is -2.42. The van der Waals surface area contributed by atoms with Crippen molar-refractivity contribution in [3.63, 3.8) is 0 Å². The topological polar surface area (TPSA) is 123 Å². The first-order chi connectivity index (χ1) is 11.3. The Kier molecular flexibility index (Phi) is 4.04. The molecule has 0 saturated heterocycles. The summed E-state index contributed by atoms with van der Waals surface area (Å²) in [6, 6.07) is 1.97. The number of nitro groups is 1. The molecule has 1 spiro atoms. The van der Waals surface area contributed by atoms with E-state index in [-0.39, 0.29) is 22.6 Å². The van der Waals surface area contributed by atoms with Gasteiger partial charge in [0.1, 0.15) is 5.66 Å². The van der Waals surface area contributed by atoms with E-state index in [0.717, 1.165) is 31.4 Å². The Balaban J connectivity index is 2.14. The molecule has 0 unspecified atom stereocenters. The van der Waals surface area contributed by atoms with Gasteiger partial charge < -0.3 is 11.5 Å². The largest absolute Gasteiger partial charge is 0.369 e. The highest BCUT2D eigenvalue weighted by Gasteiger charge is 2.43. The molecule has 1 saturated carbocycles. The van der Waals surface area contributed by atoms with Gasteiger partial charge in [-0.05, 0) is 25.7 Å². The van der Waals surface area contributed by atoms with Gasteiger partial charge >= 0.3 is 5.69 Å². The Bertz CT molecular complexity index is 760. The number of hydrogen-bond donors (Lipinski definition) is 2. The van der Waals surface area contributed by atoms with Crippen LogP contribution in [-0.2, 0) is 0 Å². The van der Waals surface area contributed by atoms with Crippen molar-refractivity contribution in [2.75, 3.05) is 4.90 Å². The van der Waals surface area contributed by atoms with Gasteiger partial charge in [0, 0.05) is 12.1 Å². The first-order valence-corrected chi connectivity index (χ1v) is 7.85. The molecule has 1 aromatic carbocycles. The number of nitrogens with zero attached hydrogens (tertiary/aromatic N) is 4. The van der Waals surface area contributed by atoms with Gasteiger partial charge in [-0.3, -0.25) is 15.0 Å². The molecule has 128 valence electrons. The molecule has 4 N–H and O–H groups in total. The predicted molar refractivity (Wildman–Crippen MR) is 89.6 cm³/mol. The van der Waals surface area contributed by atoms with Crippen LogP contribution in [0.25, 0.3) is 0 Å². The van der Waals surface area contributed by atoms with Gasteiger partial charge in [-0.15, -0.1) is 0 Å². The van der Waals surface area contributed by atoms with Crippen LogP contribution >= 0.6 is 11.6 Å². The standard InChI is InChI=1S/C14H16ClFN6O2/c15-8-6-11(22(23)24)9(16)7-10(8)21-13(18)19-12(17)20-14(21)4-2-1-3-5-14/h6-7H,1-5H2,(H4,17,18,19,20). The Morgan fingerprint density at radius 3 is 2.58 bits per heavy atom. The van der Waals surface area contributed by atoms with Gasteiger partial charge in [-0.1, -0.05) is 18.0 Å². The summed E-state index contributed by atoms with van der Waals surface area (Å²) in [6.07, 6.45) is 4.14.